The Kier molecular flexibility index (Phi) is 4.34. The zero-order chi connectivity index (χ0) is 16.2. The molecule has 0 aliphatic carbocycles. The van der Waals surface area contributed by atoms with Crippen LogP contribution in [0.25, 0.3) is 5.76 Å². The molecule has 0 saturated heterocycles. The summed E-state index contributed by atoms with van der Waals surface area (Å²) in [6.07, 6.45) is 3.21. The fourth-order valence-corrected chi connectivity index (χ4v) is 2.96. The lowest BCUT2D eigenvalue weighted by atomic mass is 10.1. The van der Waals surface area contributed by atoms with Gasteiger partial charge >= 0.3 is 0 Å². The number of aromatic nitrogens is 3. The Morgan fingerprint density at radius 1 is 1.30 bits per heavy atom. The van der Waals surface area contributed by atoms with Crippen molar-refractivity contribution >= 4 is 22.9 Å². The number of carbonyl (C=O) groups excluding carboxylic acids is 1. The Balaban J connectivity index is 1.72. The molecule has 0 aliphatic heterocycles. The van der Waals surface area contributed by atoms with E-state index in [1.165, 1.54) is 28.8 Å². The van der Waals surface area contributed by atoms with Crippen LogP contribution in [0.3, 0.4) is 0 Å². The zero-order valence-electron chi connectivity index (χ0n) is 12.5. The number of aromatic amines is 1. The van der Waals surface area contributed by atoms with Gasteiger partial charge in [0.05, 0.1) is 4.88 Å². The number of hydrogen-bond acceptors (Lipinski definition) is 5. The molecule has 2 aromatic heterocycles. The first-order valence-electron chi connectivity index (χ1n) is 7.05. The summed E-state index contributed by atoms with van der Waals surface area (Å²) in [4.78, 5) is 16.6. The first-order valence-corrected chi connectivity index (χ1v) is 7.93. The molecule has 6 heteroatoms. The smallest absolute Gasteiger partial charge is 0.199 e. The molecule has 0 radical (unpaired) electrons. The van der Waals surface area contributed by atoms with Crippen molar-refractivity contribution in [3.8, 4) is 0 Å². The summed E-state index contributed by atoms with van der Waals surface area (Å²) >= 11 is 1.37. The molecule has 2 heterocycles. The molecule has 0 spiro atoms. The predicted molar refractivity (Wildman–Crippen MR) is 89.6 cm³/mol. The molecule has 23 heavy (non-hydrogen) atoms. The van der Waals surface area contributed by atoms with E-state index in [0.717, 1.165) is 18.1 Å². The number of thiophene rings is 1. The van der Waals surface area contributed by atoms with Crippen LogP contribution < -0.4 is 0 Å². The number of nitrogens with zero attached hydrogens (tertiary/aromatic N) is 2. The van der Waals surface area contributed by atoms with Crippen LogP contribution in [0.1, 0.15) is 32.2 Å². The van der Waals surface area contributed by atoms with Gasteiger partial charge in [-0.05, 0) is 35.9 Å². The van der Waals surface area contributed by atoms with Gasteiger partial charge < -0.3 is 5.11 Å². The SMILES string of the molecule is Cc1ccc(Cc2csc(C(=O)C=C(O)c3ncn[nH]3)c2)cc1. The molecule has 5 nitrogen and oxygen atoms in total. The monoisotopic (exact) mass is 325 g/mol. The summed E-state index contributed by atoms with van der Waals surface area (Å²) < 4.78 is 0. The van der Waals surface area contributed by atoms with Crippen molar-refractivity contribution in [1.29, 1.82) is 0 Å². The second-order valence-electron chi connectivity index (χ2n) is 5.21. The zero-order valence-corrected chi connectivity index (χ0v) is 13.3. The normalized spacial score (nSPS) is 11.6. The van der Waals surface area contributed by atoms with E-state index in [9.17, 15) is 9.90 Å². The van der Waals surface area contributed by atoms with E-state index in [2.05, 4.69) is 46.4 Å². The topological polar surface area (TPSA) is 78.9 Å². The molecule has 0 bridgehead atoms. The molecular formula is C17H15N3O2S. The van der Waals surface area contributed by atoms with Crippen LogP contribution in [-0.2, 0) is 6.42 Å². The quantitative estimate of drug-likeness (QED) is 0.427. The molecule has 2 N–H and O–H groups in total. The number of carbonyl (C=O) groups is 1. The van der Waals surface area contributed by atoms with Crippen LogP contribution in [0.5, 0.6) is 0 Å². The van der Waals surface area contributed by atoms with Crippen molar-refractivity contribution in [2.45, 2.75) is 13.3 Å². The van der Waals surface area contributed by atoms with Crippen LogP contribution in [-0.4, -0.2) is 26.1 Å². The second kappa shape index (κ2) is 6.58. The van der Waals surface area contributed by atoms with Crippen LogP contribution in [0.2, 0.25) is 0 Å². The molecule has 0 unspecified atom stereocenters. The Morgan fingerprint density at radius 3 is 2.78 bits per heavy atom. The van der Waals surface area contributed by atoms with E-state index in [0.29, 0.717) is 4.88 Å². The highest BCUT2D eigenvalue weighted by molar-refractivity contribution is 7.12. The number of aliphatic hydroxyl groups excluding tert-OH is 1. The maximum Gasteiger partial charge on any atom is 0.199 e. The van der Waals surface area contributed by atoms with Gasteiger partial charge in [0.15, 0.2) is 17.4 Å². The number of aliphatic hydroxyl groups is 1. The number of H-pyrrole nitrogens is 1. The first kappa shape index (κ1) is 15.2. The number of ketones is 1. The first-order chi connectivity index (χ1) is 11.1. The van der Waals surface area contributed by atoms with E-state index in [1.54, 1.807) is 0 Å². The van der Waals surface area contributed by atoms with Gasteiger partial charge in [0.2, 0.25) is 0 Å². The van der Waals surface area contributed by atoms with Crippen molar-refractivity contribution in [3.63, 3.8) is 0 Å². The third-order valence-electron chi connectivity index (χ3n) is 3.35. The van der Waals surface area contributed by atoms with Gasteiger partial charge in [0, 0.05) is 6.08 Å². The lowest BCUT2D eigenvalue weighted by Crippen LogP contribution is -1.95. The number of aryl methyl sites for hydroxylation is 1. The number of rotatable bonds is 5. The van der Waals surface area contributed by atoms with Crippen molar-refractivity contribution in [2.24, 2.45) is 0 Å². The third-order valence-corrected chi connectivity index (χ3v) is 4.34. The molecule has 0 saturated carbocycles. The highest BCUT2D eigenvalue weighted by Crippen LogP contribution is 2.20. The fraction of sp³-hybridized carbons (Fsp3) is 0.118. The van der Waals surface area contributed by atoms with Crippen LogP contribution in [0.4, 0.5) is 0 Å². The number of benzene rings is 1. The van der Waals surface area contributed by atoms with E-state index in [-0.39, 0.29) is 17.4 Å². The third kappa shape index (κ3) is 3.73. The van der Waals surface area contributed by atoms with Gasteiger partial charge in [-0.2, -0.15) is 5.10 Å². The van der Waals surface area contributed by atoms with Gasteiger partial charge in [-0.25, -0.2) is 4.98 Å². The Labute approximate surface area is 137 Å². The highest BCUT2D eigenvalue weighted by atomic mass is 32.1. The van der Waals surface area contributed by atoms with E-state index >= 15 is 0 Å². The van der Waals surface area contributed by atoms with E-state index < -0.39 is 0 Å². The molecule has 3 aromatic rings. The maximum atomic E-state index is 12.2. The van der Waals surface area contributed by atoms with Gasteiger partial charge in [0.25, 0.3) is 0 Å². The van der Waals surface area contributed by atoms with Crippen molar-refractivity contribution in [1.82, 2.24) is 15.2 Å². The van der Waals surface area contributed by atoms with Crippen LogP contribution >= 0.6 is 11.3 Å². The molecule has 3 rings (SSSR count). The van der Waals surface area contributed by atoms with Crippen molar-refractivity contribution in [2.75, 3.05) is 0 Å². The molecule has 0 fully saturated rings. The Bertz CT molecular complexity index is 833. The summed E-state index contributed by atoms with van der Waals surface area (Å²) in [5.74, 6) is -0.296. The van der Waals surface area contributed by atoms with Gasteiger partial charge in [0.1, 0.15) is 6.33 Å². The van der Waals surface area contributed by atoms with Gasteiger partial charge in [-0.15, -0.1) is 11.3 Å². The summed E-state index contributed by atoms with van der Waals surface area (Å²) in [6, 6.07) is 10.2. The average Bonchev–Trinajstić information content (AvgIpc) is 3.21. The Hall–Kier alpha value is -2.73. The highest BCUT2D eigenvalue weighted by Gasteiger charge is 2.11. The van der Waals surface area contributed by atoms with Crippen molar-refractivity contribution < 1.29 is 9.90 Å². The lowest BCUT2D eigenvalue weighted by molar-refractivity contribution is 0.104. The Morgan fingerprint density at radius 2 is 2.09 bits per heavy atom. The molecule has 0 amide bonds. The largest absolute Gasteiger partial charge is 0.504 e. The number of hydrogen-bond donors (Lipinski definition) is 2. The predicted octanol–water partition coefficient (Wildman–Crippen LogP) is 3.55. The molecule has 0 aliphatic rings. The summed E-state index contributed by atoms with van der Waals surface area (Å²) in [5, 5.41) is 17.9. The lowest BCUT2D eigenvalue weighted by Gasteiger charge is -1.99. The molecule has 116 valence electrons. The average molecular weight is 325 g/mol. The van der Waals surface area contributed by atoms with E-state index in [4.69, 9.17) is 0 Å². The standard InChI is InChI=1S/C17H15N3O2S/c1-11-2-4-12(5-3-11)6-13-7-16(23-9-13)14(21)8-15(22)17-18-10-19-20-17/h2-5,7-10,22H,6H2,1H3,(H,18,19,20). The van der Waals surface area contributed by atoms with E-state index in [1.807, 2.05) is 11.4 Å². The summed E-state index contributed by atoms with van der Waals surface area (Å²) in [6.45, 7) is 2.05. The number of nitrogens with one attached hydrogen (secondary N) is 1. The maximum absolute atomic E-state index is 12.2. The number of allylic oxidation sites excluding steroid dienone is 1. The molecular weight excluding hydrogens is 310 g/mol. The minimum atomic E-state index is -0.251. The minimum absolute atomic E-state index is 0.176. The van der Waals surface area contributed by atoms with Crippen LogP contribution in [0.15, 0.2) is 48.1 Å². The second-order valence-corrected chi connectivity index (χ2v) is 6.12. The van der Waals surface area contributed by atoms with Crippen molar-refractivity contribution in [3.05, 3.63) is 75.5 Å². The van der Waals surface area contributed by atoms with Gasteiger partial charge in [-0.3, -0.25) is 9.89 Å². The summed E-state index contributed by atoms with van der Waals surface area (Å²) in [5.41, 5.74) is 3.50. The fourth-order valence-electron chi connectivity index (χ4n) is 2.13. The van der Waals surface area contributed by atoms with Gasteiger partial charge in [-0.1, -0.05) is 29.8 Å². The molecule has 0 atom stereocenters. The van der Waals surface area contributed by atoms with Crippen LogP contribution in [0, 0.1) is 6.92 Å². The summed E-state index contributed by atoms with van der Waals surface area (Å²) in [7, 11) is 0. The minimum Gasteiger partial charge on any atom is -0.504 e. The molecule has 1 aromatic carbocycles.